The van der Waals surface area contributed by atoms with Crippen LogP contribution in [0.4, 0.5) is 0 Å². The lowest BCUT2D eigenvalue weighted by Crippen LogP contribution is -2.41. The Bertz CT molecular complexity index is 677. The molecule has 1 amide bonds. The van der Waals surface area contributed by atoms with Crippen LogP contribution in [-0.2, 0) is 16.1 Å². The van der Waals surface area contributed by atoms with Crippen molar-refractivity contribution in [1.29, 1.82) is 0 Å². The number of hydrogen-bond donors (Lipinski definition) is 1. The van der Waals surface area contributed by atoms with Crippen LogP contribution in [-0.4, -0.2) is 47.1 Å². The molecule has 27 heavy (non-hydrogen) atoms. The van der Waals surface area contributed by atoms with Gasteiger partial charge in [-0.05, 0) is 50.3 Å². The summed E-state index contributed by atoms with van der Waals surface area (Å²) in [5.41, 5.74) is 1.33. The number of likely N-dealkylation sites (tertiary alicyclic amines) is 1. The van der Waals surface area contributed by atoms with Crippen LogP contribution in [0.1, 0.15) is 44.6 Å². The molecule has 4 heterocycles. The molecule has 0 radical (unpaired) electrons. The van der Waals surface area contributed by atoms with Gasteiger partial charge in [-0.3, -0.25) is 14.7 Å². The number of pyridine rings is 1. The van der Waals surface area contributed by atoms with Gasteiger partial charge in [0.1, 0.15) is 0 Å². The van der Waals surface area contributed by atoms with Crippen molar-refractivity contribution in [2.45, 2.75) is 57.3 Å². The van der Waals surface area contributed by atoms with Gasteiger partial charge in [0.05, 0.1) is 11.7 Å². The van der Waals surface area contributed by atoms with E-state index in [9.17, 15) is 4.79 Å². The number of nitrogens with one attached hydrogen (secondary N) is 1. The average Bonchev–Trinajstić information content (AvgIpc) is 3.32. The van der Waals surface area contributed by atoms with Crippen LogP contribution in [0.25, 0.3) is 0 Å². The minimum Gasteiger partial charge on any atom is -0.370 e. The van der Waals surface area contributed by atoms with Crippen molar-refractivity contribution in [3.63, 3.8) is 0 Å². The van der Waals surface area contributed by atoms with E-state index in [0.29, 0.717) is 24.4 Å². The third-order valence-electron chi connectivity index (χ3n) is 6.56. The molecular formula is C22H31N3O2. The summed E-state index contributed by atoms with van der Waals surface area (Å²) in [5, 5.41) is 3.19. The number of amides is 1. The maximum Gasteiger partial charge on any atom is 0.220 e. The molecule has 5 nitrogen and oxygen atoms in total. The maximum absolute atomic E-state index is 12.2. The Morgan fingerprint density at radius 2 is 2.30 bits per heavy atom. The van der Waals surface area contributed by atoms with Crippen LogP contribution in [0.3, 0.4) is 0 Å². The Hall–Kier alpha value is -1.72. The summed E-state index contributed by atoms with van der Waals surface area (Å²) in [5.74, 6) is 1.19. The van der Waals surface area contributed by atoms with Crippen molar-refractivity contribution in [2.24, 2.45) is 11.8 Å². The zero-order valence-electron chi connectivity index (χ0n) is 16.3. The van der Waals surface area contributed by atoms with Crippen molar-refractivity contribution in [3.05, 3.63) is 42.2 Å². The predicted octanol–water partition coefficient (Wildman–Crippen LogP) is 2.92. The first-order valence-electron chi connectivity index (χ1n) is 10.4. The summed E-state index contributed by atoms with van der Waals surface area (Å²) in [6.07, 6.45) is 13.1. The summed E-state index contributed by atoms with van der Waals surface area (Å²) in [6, 6.07) is 4.19. The minimum atomic E-state index is 0.0268. The number of hydrogen-bond acceptors (Lipinski definition) is 4. The molecule has 1 aromatic heterocycles. The first kappa shape index (κ1) is 18.6. The van der Waals surface area contributed by atoms with Crippen LogP contribution in [0, 0.1) is 11.8 Å². The highest BCUT2D eigenvalue weighted by Crippen LogP contribution is 2.54. The largest absolute Gasteiger partial charge is 0.370 e. The van der Waals surface area contributed by atoms with Gasteiger partial charge in [0.15, 0.2) is 0 Å². The molecule has 1 spiro atoms. The Morgan fingerprint density at radius 1 is 1.44 bits per heavy atom. The van der Waals surface area contributed by atoms with Crippen LogP contribution in [0.5, 0.6) is 0 Å². The SMILES string of the molecule is C/C=C/CCCC(=O)NC[C@H]1[C@H]2CN(Cc3ccncc3)C[C@]23CC[C@H]1O3. The van der Waals surface area contributed by atoms with Gasteiger partial charge in [-0.25, -0.2) is 0 Å². The van der Waals surface area contributed by atoms with E-state index < -0.39 is 0 Å². The number of unbranched alkanes of at least 4 members (excludes halogenated alkanes) is 1. The summed E-state index contributed by atoms with van der Waals surface area (Å²) >= 11 is 0. The fourth-order valence-corrected chi connectivity index (χ4v) is 5.29. The van der Waals surface area contributed by atoms with Crippen molar-refractivity contribution in [1.82, 2.24) is 15.2 Å². The van der Waals surface area contributed by atoms with Crippen molar-refractivity contribution in [3.8, 4) is 0 Å². The van der Waals surface area contributed by atoms with E-state index in [4.69, 9.17) is 4.74 Å². The number of aromatic nitrogens is 1. The molecule has 3 aliphatic rings. The van der Waals surface area contributed by atoms with Crippen LogP contribution >= 0.6 is 0 Å². The fourth-order valence-electron chi connectivity index (χ4n) is 5.29. The second-order valence-corrected chi connectivity index (χ2v) is 8.32. The number of ether oxygens (including phenoxy) is 1. The van der Waals surface area contributed by atoms with Gasteiger partial charge in [0, 0.05) is 56.8 Å². The number of carbonyl (C=O) groups excluding carboxylic acids is 1. The number of fused-ring (bicyclic) bond motifs is 1. The predicted molar refractivity (Wildman–Crippen MR) is 105 cm³/mol. The fraction of sp³-hybridized carbons (Fsp3) is 0.636. The van der Waals surface area contributed by atoms with Crippen molar-refractivity contribution < 1.29 is 9.53 Å². The smallest absolute Gasteiger partial charge is 0.220 e. The molecule has 1 aromatic rings. The van der Waals surface area contributed by atoms with Crippen molar-refractivity contribution in [2.75, 3.05) is 19.6 Å². The molecule has 3 fully saturated rings. The first-order chi connectivity index (χ1) is 13.2. The zero-order chi connectivity index (χ0) is 18.7. The molecule has 0 saturated carbocycles. The first-order valence-corrected chi connectivity index (χ1v) is 10.4. The van der Waals surface area contributed by atoms with E-state index in [1.807, 2.05) is 25.4 Å². The molecule has 1 N–H and O–H groups in total. The molecule has 0 aromatic carbocycles. The Morgan fingerprint density at radius 3 is 3.11 bits per heavy atom. The lowest BCUT2D eigenvalue weighted by molar-refractivity contribution is -0.121. The van der Waals surface area contributed by atoms with E-state index in [1.54, 1.807) is 0 Å². The van der Waals surface area contributed by atoms with Gasteiger partial charge in [-0.15, -0.1) is 0 Å². The summed E-state index contributed by atoms with van der Waals surface area (Å²) in [4.78, 5) is 18.8. The Labute approximate surface area is 162 Å². The van der Waals surface area contributed by atoms with Gasteiger partial charge >= 0.3 is 0 Å². The molecule has 4 atom stereocenters. The van der Waals surface area contributed by atoms with Gasteiger partial charge in [-0.2, -0.15) is 0 Å². The third-order valence-corrected chi connectivity index (χ3v) is 6.56. The van der Waals surface area contributed by atoms with E-state index >= 15 is 0 Å². The summed E-state index contributed by atoms with van der Waals surface area (Å²) < 4.78 is 6.50. The number of allylic oxidation sites excluding steroid dienone is 2. The minimum absolute atomic E-state index is 0.0268. The average molecular weight is 370 g/mol. The monoisotopic (exact) mass is 369 g/mol. The molecule has 146 valence electrons. The zero-order valence-corrected chi connectivity index (χ0v) is 16.3. The number of carbonyl (C=O) groups is 1. The highest BCUT2D eigenvalue weighted by Gasteiger charge is 2.62. The second-order valence-electron chi connectivity index (χ2n) is 8.32. The quantitative estimate of drug-likeness (QED) is 0.565. The van der Waals surface area contributed by atoms with Gasteiger partial charge in [-0.1, -0.05) is 12.2 Å². The van der Waals surface area contributed by atoms with E-state index in [2.05, 4.69) is 33.4 Å². The second kappa shape index (κ2) is 8.11. The molecular weight excluding hydrogens is 338 g/mol. The standard InChI is InChI=1S/C22H31N3O2/c1-2-3-4-5-6-21(26)24-13-18-19-15-25(14-17-8-11-23-12-9-17)16-22(19)10-7-20(18)27-22/h2-3,8-9,11-12,18-20H,4-7,10,13-16H2,1H3,(H,24,26)/b3-2+/t18-,19+,20+,22+/m0/s1. The van der Waals surface area contributed by atoms with Crippen molar-refractivity contribution >= 4 is 5.91 Å². The molecule has 4 rings (SSSR count). The van der Waals surface area contributed by atoms with E-state index in [0.717, 1.165) is 45.4 Å². The Balaban J connectivity index is 1.31. The van der Waals surface area contributed by atoms with Gasteiger partial charge < -0.3 is 10.1 Å². The molecule has 3 aliphatic heterocycles. The molecule has 2 bridgehead atoms. The topological polar surface area (TPSA) is 54.5 Å². The lowest BCUT2D eigenvalue weighted by Gasteiger charge is -2.29. The number of nitrogens with zero attached hydrogens (tertiary/aromatic N) is 2. The lowest BCUT2D eigenvalue weighted by atomic mass is 9.73. The summed E-state index contributed by atoms with van der Waals surface area (Å²) in [6.45, 7) is 5.83. The summed E-state index contributed by atoms with van der Waals surface area (Å²) in [7, 11) is 0. The molecule has 3 saturated heterocycles. The van der Waals surface area contributed by atoms with E-state index in [1.165, 1.54) is 12.0 Å². The van der Waals surface area contributed by atoms with Crippen LogP contribution in [0.15, 0.2) is 36.7 Å². The Kier molecular flexibility index (Phi) is 5.60. The van der Waals surface area contributed by atoms with Gasteiger partial charge in [0.25, 0.3) is 0 Å². The van der Waals surface area contributed by atoms with E-state index in [-0.39, 0.29) is 11.5 Å². The maximum atomic E-state index is 12.2. The highest BCUT2D eigenvalue weighted by molar-refractivity contribution is 5.75. The molecule has 0 unspecified atom stereocenters. The molecule has 5 heteroatoms. The normalized spacial score (nSPS) is 32.3. The van der Waals surface area contributed by atoms with Crippen LogP contribution < -0.4 is 5.32 Å². The third kappa shape index (κ3) is 3.94. The van der Waals surface area contributed by atoms with Gasteiger partial charge in [0.2, 0.25) is 5.91 Å². The number of rotatable bonds is 8. The highest BCUT2D eigenvalue weighted by atomic mass is 16.5. The molecule has 0 aliphatic carbocycles. The van der Waals surface area contributed by atoms with Crippen LogP contribution in [0.2, 0.25) is 0 Å².